The first-order chi connectivity index (χ1) is 9.20. The molecular weight excluding hydrogens is 312 g/mol. The van der Waals surface area contributed by atoms with Gasteiger partial charge in [0.2, 0.25) is 0 Å². The molecule has 8 heteroatoms. The van der Waals surface area contributed by atoms with Gasteiger partial charge < -0.3 is 0 Å². The van der Waals surface area contributed by atoms with Crippen LogP contribution in [0.3, 0.4) is 0 Å². The monoisotopic (exact) mass is 318 g/mol. The van der Waals surface area contributed by atoms with Crippen LogP contribution in [-0.4, -0.2) is 14.6 Å². The quantitative estimate of drug-likeness (QED) is 0.446. The molecule has 7 nitrogen and oxygen atoms in total. The summed E-state index contributed by atoms with van der Waals surface area (Å²) in [5, 5.41) is 10.8. The number of H-pyrrole nitrogens is 1. The highest BCUT2D eigenvalue weighted by Crippen LogP contribution is 2.24. The Kier molecular flexibility index (Phi) is 2.73. The van der Waals surface area contributed by atoms with E-state index < -0.39 is 0 Å². The van der Waals surface area contributed by atoms with E-state index >= 15 is 0 Å². The maximum absolute atomic E-state index is 11.8. The number of azide groups is 1. The van der Waals surface area contributed by atoms with Gasteiger partial charge in [-0.25, -0.2) is 14.3 Å². The number of aromatic nitrogens is 3. The smallest absolute Gasteiger partial charge is 0.246 e. The van der Waals surface area contributed by atoms with Crippen LogP contribution in [0.2, 0.25) is 0 Å². The number of hydrogen-bond donors (Lipinski definition) is 1. The van der Waals surface area contributed by atoms with Crippen LogP contribution in [0.1, 0.15) is 5.56 Å². The van der Waals surface area contributed by atoms with Crippen molar-refractivity contribution in [3.8, 4) is 0 Å². The average molecular weight is 319 g/mol. The number of rotatable bonds is 2. The lowest BCUT2D eigenvalue weighted by molar-refractivity contribution is 1.04. The molecule has 94 valence electrons. The second kappa shape index (κ2) is 4.42. The van der Waals surface area contributed by atoms with Gasteiger partial charge >= 0.3 is 5.69 Å². The Balaban J connectivity index is 2.49. The zero-order valence-corrected chi connectivity index (χ0v) is 11.1. The van der Waals surface area contributed by atoms with E-state index in [9.17, 15) is 4.79 Å². The zero-order valence-electron chi connectivity index (χ0n) is 9.54. The van der Waals surface area contributed by atoms with Gasteiger partial charge in [0.1, 0.15) is 0 Å². The number of hydrogen-bond acceptors (Lipinski definition) is 3. The van der Waals surface area contributed by atoms with Crippen molar-refractivity contribution in [1.82, 2.24) is 14.6 Å². The summed E-state index contributed by atoms with van der Waals surface area (Å²) in [4.78, 5) is 14.5. The molecule has 1 N–H and O–H groups in total. The molecule has 0 bridgehead atoms. The van der Waals surface area contributed by atoms with E-state index in [1.165, 1.54) is 4.40 Å². The number of benzene rings is 1. The molecule has 2 aromatic heterocycles. The summed E-state index contributed by atoms with van der Waals surface area (Å²) in [6, 6.07) is 7.32. The molecule has 1 aromatic carbocycles. The molecule has 0 unspecified atom stereocenters. The number of nitrogens with one attached hydrogen (secondary N) is 1. The van der Waals surface area contributed by atoms with Gasteiger partial charge in [-0.15, -0.1) is 0 Å². The normalized spacial score (nSPS) is 10.8. The predicted octanol–water partition coefficient (Wildman–Crippen LogP) is 2.75. The maximum Gasteiger partial charge on any atom is 0.348 e. The second-order valence-electron chi connectivity index (χ2n) is 3.94. The van der Waals surface area contributed by atoms with E-state index in [0.717, 1.165) is 15.4 Å². The summed E-state index contributed by atoms with van der Waals surface area (Å²) in [5.41, 5.74) is 10.2. The fourth-order valence-corrected chi connectivity index (χ4v) is 2.42. The third kappa shape index (κ3) is 1.87. The molecule has 2 heterocycles. The van der Waals surface area contributed by atoms with E-state index in [0.29, 0.717) is 11.2 Å². The molecule has 0 atom stereocenters. The molecule has 19 heavy (non-hydrogen) atoms. The Labute approximate surface area is 114 Å². The highest BCUT2D eigenvalue weighted by atomic mass is 79.9. The lowest BCUT2D eigenvalue weighted by atomic mass is 10.1. The Bertz CT molecular complexity index is 889. The van der Waals surface area contributed by atoms with Gasteiger partial charge in [-0.1, -0.05) is 27.1 Å². The molecule has 0 aliphatic rings. The Morgan fingerprint density at radius 3 is 3.11 bits per heavy atom. The lowest BCUT2D eigenvalue weighted by Crippen LogP contribution is -2.10. The Morgan fingerprint density at radius 1 is 1.47 bits per heavy atom. The first-order valence-corrected chi connectivity index (χ1v) is 6.19. The first kappa shape index (κ1) is 11.8. The molecule has 0 aliphatic carbocycles. The number of pyridine rings is 1. The minimum Gasteiger partial charge on any atom is -0.246 e. The highest BCUT2D eigenvalue weighted by molar-refractivity contribution is 9.10. The largest absolute Gasteiger partial charge is 0.348 e. The third-order valence-corrected chi connectivity index (χ3v) is 3.35. The van der Waals surface area contributed by atoms with Gasteiger partial charge in [-0.05, 0) is 29.3 Å². The van der Waals surface area contributed by atoms with E-state index in [1.54, 1.807) is 6.07 Å². The molecule has 0 saturated carbocycles. The van der Waals surface area contributed by atoms with E-state index in [1.807, 2.05) is 18.2 Å². The molecule has 0 radical (unpaired) electrons. The Morgan fingerprint density at radius 2 is 2.32 bits per heavy atom. The second-order valence-corrected chi connectivity index (χ2v) is 4.86. The molecule has 0 saturated heterocycles. The summed E-state index contributed by atoms with van der Waals surface area (Å²) in [7, 11) is 0. The summed E-state index contributed by atoms with van der Waals surface area (Å²) >= 11 is 3.38. The minimum atomic E-state index is -0.298. The first-order valence-electron chi connectivity index (χ1n) is 5.40. The van der Waals surface area contributed by atoms with Crippen molar-refractivity contribution in [2.24, 2.45) is 5.11 Å². The topological polar surface area (TPSA) is 98.9 Å². The van der Waals surface area contributed by atoms with Crippen molar-refractivity contribution in [2.75, 3.05) is 0 Å². The molecule has 3 rings (SSSR count). The van der Waals surface area contributed by atoms with Gasteiger partial charge in [-0.2, -0.15) is 5.10 Å². The molecule has 0 spiro atoms. The van der Waals surface area contributed by atoms with Crippen LogP contribution in [-0.2, 0) is 6.54 Å². The van der Waals surface area contributed by atoms with Crippen molar-refractivity contribution in [3.63, 3.8) is 0 Å². The lowest BCUT2D eigenvalue weighted by Gasteiger charge is -2.06. The minimum absolute atomic E-state index is 0.214. The van der Waals surface area contributed by atoms with Crippen molar-refractivity contribution < 1.29 is 0 Å². The fourth-order valence-electron chi connectivity index (χ4n) is 2.07. The SMILES string of the molecule is [N-]=[N+]=NCc1cc2n[nH]c(=O)n2c2cc(Br)ccc12. The maximum atomic E-state index is 11.8. The zero-order chi connectivity index (χ0) is 13.4. The van der Waals surface area contributed by atoms with Crippen LogP contribution in [0.25, 0.3) is 27.0 Å². The van der Waals surface area contributed by atoms with Crippen LogP contribution in [0.5, 0.6) is 0 Å². The molecule has 0 aliphatic heterocycles. The van der Waals surface area contributed by atoms with Gasteiger partial charge in [-0.3, -0.25) is 0 Å². The van der Waals surface area contributed by atoms with Gasteiger partial charge in [0.15, 0.2) is 5.65 Å². The van der Waals surface area contributed by atoms with E-state index in [-0.39, 0.29) is 12.2 Å². The van der Waals surface area contributed by atoms with Crippen molar-refractivity contribution in [2.45, 2.75) is 6.54 Å². The van der Waals surface area contributed by atoms with Crippen molar-refractivity contribution in [1.29, 1.82) is 0 Å². The van der Waals surface area contributed by atoms with Crippen LogP contribution >= 0.6 is 15.9 Å². The van der Waals surface area contributed by atoms with Gasteiger partial charge in [0, 0.05) is 14.8 Å². The summed E-state index contributed by atoms with van der Waals surface area (Å²) in [6.07, 6.45) is 0. The number of fused-ring (bicyclic) bond motifs is 3. The van der Waals surface area contributed by atoms with Crippen LogP contribution in [0, 0.1) is 0 Å². The number of nitrogens with zero attached hydrogens (tertiary/aromatic N) is 5. The van der Waals surface area contributed by atoms with Crippen LogP contribution in [0.4, 0.5) is 0 Å². The van der Waals surface area contributed by atoms with Gasteiger partial charge in [0.25, 0.3) is 0 Å². The predicted molar refractivity (Wildman–Crippen MR) is 73.9 cm³/mol. The summed E-state index contributed by atoms with van der Waals surface area (Å²) < 4.78 is 2.34. The van der Waals surface area contributed by atoms with Crippen LogP contribution < -0.4 is 5.69 Å². The molecular formula is C11H7BrN6O. The van der Waals surface area contributed by atoms with Gasteiger partial charge in [0.05, 0.1) is 12.1 Å². The standard InChI is InChI=1S/C11H7BrN6O/c12-7-1-2-8-6(5-14-17-13)3-10-15-16-11(19)18(10)9(8)4-7/h1-4H,5H2,(H,16,19). The highest BCUT2D eigenvalue weighted by Gasteiger charge is 2.10. The van der Waals surface area contributed by atoms with Crippen LogP contribution in [0.15, 0.2) is 38.6 Å². The number of aromatic amines is 1. The molecule has 0 amide bonds. The van der Waals surface area contributed by atoms with Crippen molar-refractivity contribution >= 4 is 32.5 Å². The fraction of sp³-hybridized carbons (Fsp3) is 0.0909. The molecule has 0 fully saturated rings. The summed E-state index contributed by atoms with van der Waals surface area (Å²) in [5.74, 6) is 0. The third-order valence-electron chi connectivity index (χ3n) is 2.85. The van der Waals surface area contributed by atoms with Crippen molar-refractivity contribution in [3.05, 3.63) is 55.2 Å². The van der Waals surface area contributed by atoms with E-state index in [4.69, 9.17) is 5.53 Å². The number of halogens is 1. The summed E-state index contributed by atoms with van der Waals surface area (Å²) in [6.45, 7) is 0.214. The van der Waals surface area contributed by atoms with E-state index in [2.05, 4.69) is 36.2 Å². The Hall–Kier alpha value is -2.31. The molecule has 3 aromatic rings. The average Bonchev–Trinajstić information content (AvgIpc) is 2.77.